The summed E-state index contributed by atoms with van der Waals surface area (Å²) in [6, 6.07) is 9.19. The Kier molecular flexibility index (Phi) is 2.85. The zero-order chi connectivity index (χ0) is 13.4. The number of fused-ring (bicyclic) bond motifs is 1. The predicted molar refractivity (Wildman–Crippen MR) is 71.8 cm³/mol. The van der Waals surface area contributed by atoms with Gasteiger partial charge in [-0.3, -0.25) is 4.98 Å². The van der Waals surface area contributed by atoms with Crippen LogP contribution in [0.5, 0.6) is 5.75 Å². The highest BCUT2D eigenvalue weighted by molar-refractivity contribution is 5.60. The van der Waals surface area contributed by atoms with Crippen LogP contribution in [0.4, 0.5) is 10.1 Å². The van der Waals surface area contributed by atoms with E-state index in [0.717, 1.165) is 22.7 Å². The quantitative estimate of drug-likeness (QED) is 0.850. The molecule has 0 saturated carbocycles. The molecule has 3 nitrogen and oxygen atoms in total. The van der Waals surface area contributed by atoms with Gasteiger partial charge in [0, 0.05) is 0 Å². The van der Waals surface area contributed by atoms with Crippen molar-refractivity contribution < 1.29 is 9.13 Å². The van der Waals surface area contributed by atoms with Crippen molar-refractivity contribution in [3.05, 3.63) is 53.6 Å². The molecule has 2 unspecified atom stereocenters. The van der Waals surface area contributed by atoms with E-state index in [1.165, 1.54) is 12.3 Å². The first-order valence-corrected chi connectivity index (χ1v) is 6.29. The maximum absolute atomic E-state index is 12.9. The van der Waals surface area contributed by atoms with Crippen molar-refractivity contribution in [1.29, 1.82) is 0 Å². The SMILES string of the molecule is Cc1ccc2c(c1)OC(c1ccc(F)cn1)C(C)N2. The zero-order valence-corrected chi connectivity index (χ0v) is 10.9. The molecule has 1 aromatic heterocycles. The number of aromatic nitrogens is 1. The number of anilines is 1. The van der Waals surface area contributed by atoms with Crippen LogP contribution in [0.3, 0.4) is 0 Å². The third-order valence-electron chi connectivity index (χ3n) is 3.27. The standard InChI is InChI=1S/C15H15FN2O/c1-9-3-5-12-14(7-9)19-15(10(2)18-12)13-6-4-11(16)8-17-13/h3-8,10,15,18H,1-2H3. The number of halogens is 1. The number of rotatable bonds is 1. The van der Waals surface area contributed by atoms with Crippen LogP contribution in [-0.4, -0.2) is 11.0 Å². The molecule has 2 atom stereocenters. The smallest absolute Gasteiger partial charge is 0.160 e. The fraction of sp³-hybridized carbons (Fsp3) is 0.267. The van der Waals surface area contributed by atoms with Gasteiger partial charge in [0.2, 0.25) is 0 Å². The van der Waals surface area contributed by atoms with Crippen LogP contribution in [0.25, 0.3) is 0 Å². The average Bonchev–Trinajstić information content (AvgIpc) is 2.40. The van der Waals surface area contributed by atoms with E-state index in [2.05, 4.69) is 10.3 Å². The van der Waals surface area contributed by atoms with Gasteiger partial charge in [0.15, 0.2) is 6.10 Å². The summed E-state index contributed by atoms with van der Waals surface area (Å²) in [6.45, 7) is 4.05. The number of nitrogens with one attached hydrogen (secondary N) is 1. The summed E-state index contributed by atoms with van der Waals surface area (Å²) in [4.78, 5) is 4.11. The Labute approximate surface area is 111 Å². The molecule has 0 saturated heterocycles. The molecule has 0 aliphatic carbocycles. The summed E-state index contributed by atoms with van der Waals surface area (Å²) >= 11 is 0. The van der Waals surface area contributed by atoms with Gasteiger partial charge in [0.25, 0.3) is 0 Å². The lowest BCUT2D eigenvalue weighted by molar-refractivity contribution is 0.173. The van der Waals surface area contributed by atoms with Crippen molar-refractivity contribution in [2.75, 3.05) is 5.32 Å². The highest BCUT2D eigenvalue weighted by atomic mass is 19.1. The molecule has 0 bridgehead atoms. The van der Waals surface area contributed by atoms with E-state index in [9.17, 15) is 4.39 Å². The third kappa shape index (κ3) is 2.26. The number of nitrogens with zero attached hydrogens (tertiary/aromatic N) is 1. The van der Waals surface area contributed by atoms with Gasteiger partial charge < -0.3 is 10.1 Å². The number of pyridine rings is 1. The number of ether oxygens (including phenoxy) is 1. The van der Waals surface area contributed by atoms with Crippen molar-refractivity contribution in [3.8, 4) is 5.75 Å². The van der Waals surface area contributed by atoms with Crippen molar-refractivity contribution in [2.45, 2.75) is 26.0 Å². The summed E-state index contributed by atoms with van der Waals surface area (Å²) in [5, 5.41) is 3.39. The molecule has 1 aliphatic heterocycles. The molecule has 2 aromatic rings. The number of aryl methyl sites for hydroxylation is 1. The Morgan fingerprint density at radius 1 is 1.26 bits per heavy atom. The van der Waals surface area contributed by atoms with Gasteiger partial charge in [0.05, 0.1) is 23.6 Å². The van der Waals surface area contributed by atoms with E-state index in [-0.39, 0.29) is 18.0 Å². The Hall–Kier alpha value is -2.10. The zero-order valence-electron chi connectivity index (χ0n) is 10.9. The molecule has 2 heterocycles. The monoisotopic (exact) mass is 258 g/mol. The lowest BCUT2D eigenvalue weighted by atomic mass is 10.0. The van der Waals surface area contributed by atoms with Crippen LogP contribution >= 0.6 is 0 Å². The van der Waals surface area contributed by atoms with Crippen LogP contribution in [0.15, 0.2) is 36.5 Å². The van der Waals surface area contributed by atoms with Crippen molar-refractivity contribution >= 4 is 5.69 Å². The first-order valence-electron chi connectivity index (χ1n) is 6.29. The Balaban J connectivity index is 1.94. The molecule has 1 aliphatic rings. The van der Waals surface area contributed by atoms with Crippen molar-refractivity contribution in [3.63, 3.8) is 0 Å². The lowest BCUT2D eigenvalue weighted by Crippen LogP contribution is -2.33. The minimum Gasteiger partial charge on any atom is -0.480 e. The normalized spacial score (nSPS) is 21.2. The molecule has 0 fully saturated rings. The summed E-state index contributed by atoms with van der Waals surface area (Å²) in [6.07, 6.45) is 1.01. The molecule has 3 rings (SSSR count). The number of hydrogen-bond acceptors (Lipinski definition) is 3. The topological polar surface area (TPSA) is 34.1 Å². The van der Waals surface area contributed by atoms with E-state index >= 15 is 0 Å². The molecule has 0 amide bonds. The maximum Gasteiger partial charge on any atom is 0.160 e. The second-order valence-electron chi connectivity index (χ2n) is 4.87. The molecular weight excluding hydrogens is 243 g/mol. The summed E-state index contributed by atoms with van der Waals surface area (Å²) < 4.78 is 18.9. The van der Waals surface area contributed by atoms with E-state index in [1.807, 2.05) is 32.0 Å². The second-order valence-corrected chi connectivity index (χ2v) is 4.87. The predicted octanol–water partition coefficient (Wildman–Crippen LogP) is 3.46. The fourth-order valence-electron chi connectivity index (χ4n) is 2.28. The molecule has 1 N–H and O–H groups in total. The van der Waals surface area contributed by atoms with Gasteiger partial charge in [-0.25, -0.2) is 4.39 Å². The van der Waals surface area contributed by atoms with Gasteiger partial charge in [-0.1, -0.05) is 6.07 Å². The van der Waals surface area contributed by atoms with Crippen molar-refractivity contribution in [1.82, 2.24) is 4.98 Å². The molecule has 19 heavy (non-hydrogen) atoms. The van der Waals surface area contributed by atoms with E-state index in [4.69, 9.17) is 4.74 Å². The van der Waals surface area contributed by atoms with E-state index in [1.54, 1.807) is 6.07 Å². The van der Waals surface area contributed by atoms with Crippen LogP contribution < -0.4 is 10.1 Å². The van der Waals surface area contributed by atoms with Crippen LogP contribution in [0.1, 0.15) is 24.3 Å². The minimum absolute atomic E-state index is 0.0770. The minimum atomic E-state index is -0.337. The first-order chi connectivity index (χ1) is 9.13. The fourth-order valence-corrected chi connectivity index (χ4v) is 2.28. The Bertz CT molecular complexity index is 598. The second kappa shape index (κ2) is 4.53. The van der Waals surface area contributed by atoms with Gasteiger partial charge >= 0.3 is 0 Å². The van der Waals surface area contributed by atoms with Gasteiger partial charge in [-0.15, -0.1) is 0 Å². The molecule has 0 radical (unpaired) electrons. The van der Waals surface area contributed by atoms with Crippen molar-refractivity contribution in [2.24, 2.45) is 0 Å². The molecule has 4 heteroatoms. The van der Waals surface area contributed by atoms with Crippen LogP contribution in [-0.2, 0) is 0 Å². The molecule has 0 spiro atoms. The maximum atomic E-state index is 12.9. The van der Waals surface area contributed by atoms with Crippen LogP contribution in [0, 0.1) is 12.7 Å². The lowest BCUT2D eigenvalue weighted by Gasteiger charge is -2.32. The number of benzene rings is 1. The summed E-state index contributed by atoms with van der Waals surface area (Å²) in [5.74, 6) is 0.477. The largest absolute Gasteiger partial charge is 0.480 e. The highest BCUT2D eigenvalue weighted by Crippen LogP contribution is 2.37. The first kappa shape index (κ1) is 12.0. The summed E-state index contributed by atoms with van der Waals surface area (Å²) in [7, 11) is 0. The highest BCUT2D eigenvalue weighted by Gasteiger charge is 2.28. The average molecular weight is 258 g/mol. The van der Waals surface area contributed by atoms with E-state index < -0.39 is 0 Å². The van der Waals surface area contributed by atoms with Gasteiger partial charge in [-0.2, -0.15) is 0 Å². The van der Waals surface area contributed by atoms with Gasteiger partial charge in [0.1, 0.15) is 11.6 Å². The summed E-state index contributed by atoms with van der Waals surface area (Å²) in [5.41, 5.74) is 2.85. The number of hydrogen-bond donors (Lipinski definition) is 1. The van der Waals surface area contributed by atoms with E-state index in [0.29, 0.717) is 0 Å². The third-order valence-corrected chi connectivity index (χ3v) is 3.27. The van der Waals surface area contributed by atoms with Crippen LogP contribution in [0.2, 0.25) is 0 Å². The van der Waals surface area contributed by atoms with Gasteiger partial charge in [-0.05, 0) is 43.7 Å². The Morgan fingerprint density at radius 2 is 2.11 bits per heavy atom. The molecule has 98 valence electrons. The molecule has 1 aromatic carbocycles. The molecular formula is C15H15FN2O. The Morgan fingerprint density at radius 3 is 2.84 bits per heavy atom.